The maximum atomic E-state index is 13.8. The number of rotatable bonds is 10. The van der Waals surface area contributed by atoms with Gasteiger partial charge in [0.05, 0.1) is 6.54 Å². The number of ketones is 2. The minimum Gasteiger partial charge on any atom is -0.479 e. The molecule has 1 aliphatic rings. The number of aliphatic hydroxyl groups excluding tert-OH is 1. The van der Waals surface area contributed by atoms with Crippen LogP contribution >= 0.6 is 0 Å². The summed E-state index contributed by atoms with van der Waals surface area (Å²) in [5.41, 5.74) is 6.28. The van der Waals surface area contributed by atoms with E-state index in [1.165, 1.54) is 41.5 Å². The first-order chi connectivity index (χ1) is 20.3. The van der Waals surface area contributed by atoms with Gasteiger partial charge < -0.3 is 15.5 Å². The lowest BCUT2D eigenvalue weighted by Gasteiger charge is -2.11. The number of amides is 1. The number of fused-ring (bicyclic) bond motifs is 1. The van der Waals surface area contributed by atoms with E-state index in [0.29, 0.717) is 11.1 Å². The number of aliphatic hydroxyl groups is 1. The molecule has 4 aromatic carbocycles. The molecular weight excluding hydrogens is 530 g/mol. The molecule has 0 aliphatic heterocycles. The molecule has 3 N–H and O–H groups in total. The lowest BCUT2D eigenvalue weighted by Crippen LogP contribution is -2.36. The number of carboxylic acid groups (broad SMARTS) is 1. The summed E-state index contributed by atoms with van der Waals surface area (Å²) in [4.78, 5) is 50.4. The fourth-order valence-corrected chi connectivity index (χ4v) is 5.00. The third-order valence-electron chi connectivity index (χ3n) is 7.36. The lowest BCUT2D eigenvalue weighted by atomic mass is 9.92. The standard InChI is InChI=1S/C35H29NO6/c37-31(25-12-9-24(10-13-25)22-5-2-1-3-6-22)20-30(29-18-11-23-7-4-8-28(23)19-29)33(39)26-14-16-27(17-15-26)34(40)36-21-32(38)35(41)42/h1-3,5-6,9-20,32,38H,4,7-8,21H2,(H,36,40)(H,41,42)/t32-/m1/s1. The van der Waals surface area contributed by atoms with Crippen LogP contribution in [0.15, 0.2) is 103 Å². The van der Waals surface area contributed by atoms with E-state index in [1.807, 2.05) is 60.7 Å². The smallest absolute Gasteiger partial charge is 0.334 e. The molecular formula is C35H29NO6. The number of aliphatic carboxylic acids is 1. The number of carbonyl (C=O) groups excluding carboxylic acids is 3. The first-order valence-corrected chi connectivity index (χ1v) is 13.7. The fourth-order valence-electron chi connectivity index (χ4n) is 5.00. The summed E-state index contributed by atoms with van der Waals surface area (Å²) in [7, 11) is 0. The van der Waals surface area contributed by atoms with Crippen molar-refractivity contribution in [1.82, 2.24) is 5.32 Å². The van der Waals surface area contributed by atoms with Gasteiger partial charge in [0.25, 0.3) is 5.91 Å². The molecule has 7 nitrogen and oxygen atoms in total. The van der Waals surface area contributed by atoms with Crippen LogP contribution in [0, 0.1) is 0 Å². The molecule has 0 bridgehead atoms. The Labute approximate surface area is 243 Å². The van der Waals surface area contributed by atoms with Crippen molar-refractivity contribution in [3.8, 4) is 11.1 Å². The first-order valence-electron chi connectivity index (χ1n) is 13.7. The van der Waals surface area contributed by atoms with E-state index in [-0.39, 0.29) is 28.3 Å². The molecule has 0 unspecified atom stereocenters. The van der Waals surface area contributed by atoms with E-state index >= 15 is 0 Å². The predicted molar refractivity (Wildman–Crippen MR) is 159 cm³/mol. The SMILES string of the molecule is O=C(C=C(C(=O)c1ccc(C(=O)NC[C@@H](O)C(=O)O)cc1)c1ccc2c(c1)CCC2)c1ccc(-c2ccccc2)cc1. The van der Waals surface area contributed by atoms with Crippen molar-refractivity contribution >= 4 is 29.0 Å². The van der Waals surface area contributed by atoms with Crippen molar-refractivity contribution in [2.75, 3.05) is 6.54 Å². The molecule has 5 rings (SSSR count). The normalized spacial score (nSPS) is 13.2. The zero-order valence-corrected chi connectivity index (χ0v) is 22.7. The zero-order valence-electron chi connectivity index (χ0n) is 22.7. The molecule has 0 heterocycles. The van der Waals surface area contributed by atoms with Crippen LogP contribution in [-0.4, -0.2) is 46.3 Å². The van der Waals surface area contributed by atoms with Gasteiger partial charge in [-0.15, -0.1) is 0 Å². The van der Waals surface area contributed by atoms with Crippen molar-refractivity contribution in [2.45, 2.75) is 25.4 Å². The Morgan fingerprint density at radius 1 is 0.714 bits per heavy atom. The van der Waals surface area contributed by atoms with Crippen molar-refractivity contribution in [3.63, 3.8) is 0 Å². The third kappa shape index (κ3) is 6.43. The quantitative estimate of drug-likeness (QED) is 0.182. The van der Waals surface area contributed by atoms with Crippen molar-refractivity contribution in [1.29, 1.82) is 0 Å². The van der Waals surface area contributed by atoms with Crippen LogP contribution in [0.1, 0.15) is 54.2 Å². The number of hydrogen-bond acceptors (Lipinski definition) is 5. The summed E-state index contributed by atoms with van der Waals surface area (Å²) in [6.45, 7) is -0.450. The Hall–Kier alpha value is -5.14. The van der Waals surface area contributed by atoms with Gasteiger partial charge in [-0.05, 0) is 65.3 Å². The Balaban J connectivity index is 1.42. The van der Waals surface area contributed by atoms with Gasteiger partial charge in [0, 0.05) is 22.3 Å². The van der Waals surface area contributed by atoms with Gasteiger partial charge in [0.2, 0.25) is 0 Å². The van der Waals surface area contributed by atoms with E-state index in [4.69, 9.17) is 5.11 Å². The maximum absolute atomic E-state index is 13.8. The van der Waals surface area contributed by atoms with Gasteiger partial charge in [-0.1, -0.05) is 84.9 Å². The van der Waals surface area contributed by atoms with E-state index in [0.717, 1.165) is 30.4 Å². The Kier molecular flexibility index (Phi) is 8.50. The van der Waals surface area contributed by atoms with Gasteiger partial charge >= 0.3 is 5.97 Å². The van der Waals surface area contributed by atoms with Crippen molar-refractivity contribution < 1.29 is 29.4 Å². The highest BCUT2D eigenvalue weighted by Crippen LogP contribution is 2.29. The molecule has 1 atom stereocenters. The van der Waals surface area contributed by atoms with Crippen LogP contribution in [0.5, 0.6) is 0 Å². The summed E-state index contributed by atoms with van der Waals surface area (Å²) in [5.74, 6) is -2.69. The molecule has 4 aromatic rings. The molecule has 0 saturated heterocycles. The minimum atomic E-state index is -1.72. The van der Waals surface area contributed by atoms with E-state index < -0.39 is 24.5 Å². The van der Waals surface area contributed by atoms with Gasteiger partial charge in [-0.25, -0.2) is 4.79 Å². The molecule has 0 saturated carbocycles. The number of Topliss-reactive ketones (excluding diaryl/α,β-unsaturated/α-hetero) is 1. The van der Waals surface area contributed by atoms with Gasteiger partial charge in [-0.2, -0.15) is 0 Å². The van der Waals surface area contributed by atoms with Gasteiger partial charge in [-0.3, -0.25) is 14.4 Å². The number of allylic oxidation sites excluding steroid dienone is 2. The Bertz CT molecular complexity index is 1670. The number of carbonyl (C=O) groups is 4. The number of nitrogens with one attached hydrogen (secondary N) is 1. The average Bonchev–Trinajstić information content (AvgIpc) is 3.50. The molecule has 0 radical (unpaired) electrons. The van der Waals surface area contributed by atoms with Gasteiger partial charge in [0.15, 0.2) is 17.7 Å². The second kappa shape index (κ2) is 12.6. The fraction of sp³-hybridized carbons (Fsp3) is 0.143. The van der Waals surface area contributed by atoms with E-state index in [9.17, 15) is 24.3 Å². The summed E-state index contributed by atoms with van der Waals surface area (Å²) >= 11 is 0. The Morgan fingerprint density at radius 2 is 1.31 bits per heavy atom. The molecule has 0 fully saturated rings. The van der Waals surface area contributed by atoms with Crippen LogP contribution in [0.4, 0.5) is 0 Å². The summed E-state index contributed by atoms with van der Waals surface area (Å²) in [5, 5.41) is 20.5. The van der Waals surface area contributed by atoms with Crippen molar-refractivity contribution in [2.24, 2.45) is 0 Å². The van der Waals surface area contributed by atoms with Crippen LogP contribution < -0.4 is 5.32 Å². The molecule has 210 valence electrons. The van der Waals surface area contributed by atoms with Crippen LogP contribution in [-0.2, 0) is 17.6 Å². The van der Waals surface area contributed by atoms with Crippen LogP contribution in [0.25, 0.3) is 16.7 Å². The summed E-state index contributed by atoms with van der Waals surface area (Å²) in [6, 6.07) is 28.8. The maximum Gasteiger partial charge on any atom is 0.334 e. The van der Waals surface area contributed by atoms with Crippen LogP contribution in [0.2, 0.25) is 0 Å². The number of aryl methyl sites for hydroxylation is 2. The van der Waals surface area contributed by atoms with E-state index in [2.05, 4.69) is 5.32 Å². The van der Waals surface area contributed by atoms with E-state index in [1.54, 1.807) is 12.1 Å². The highest BCUT2D eigenvalue weighted by Gasteiger charge is 2.21. The predicted octanol–water partition coefficient (Wildman–Crippen LogP) is 5.17. The minimum absolute atomic E-state index is 0.196. The molecule has 1 aliphatic carbocycles. The Morgan fingerprint density at radius 3 is 2.00 bits per heavy atom. The number of hydrogen-bond donors (Lipinski definition) is 3. The summed E-state index contributed by atoms with van der Waals surface area (Å²) in [6.07, 6.45) is 2.61. The first kappa shape index (κ1) is 28.4. The zero-order chi connectivity index (χ0) is 29.6. The summed E-state index contributed by atoms with van der Waals surface area (Å²) < 4.78 is 0. The molecule has 0 aromatic heterocycles. The van der Waals surface area contributed by atoms with Crippen LogP contribution in [0.3, 0.4) is 0 Å². The largest absolute Gasteiger partial charge is 0.479 e. The van der Waals surface area contributed by atoms with Crippen molar-refractivity contribution in [3.05, 3.63) is 137 Å². The number of carboxylic acids is 1. The van der Waals surface area contributed by atoms with Gasteiger partial charge in [0.1, 0.15) is 0 Å². The second-order valence-electron chi connectivity index (χ2n) is 10.2. The third-order valence-corrected chi connectivity index (χ3v) is 7.36. The molecule has 1 amide bonds. The molecule has 0 spiro atoms. The molecule has 7 heteroatoms. The molecule has 42 heavy (non-hydrogen) atoms. The lowest BCUT2D eigenvalue weighted by molar-refractivity contribution is -0.146. The highest BCUT2D eigenvalue weighted by atomic mass is 16.4. The second-order valence-corrected chi connectivity index (χ2v) is 10.2. The highest BCUT2D eigenvalue weighted by molar-refractivity contribution is 6.32. The average molecular weight is 560 g/mol. The monoisotopic (exact) mass is 559 g/mol. The topological polar surface area (TPSA) is 121 Å². The number of benzene rings is 4.